The van der Waals surface area contributed by atoms with Crippen molar-refractivity contribution < 1.29 is 9.31 Å². The Morgan fingerprint density at radius 1 is 0.338 bits per heavy atom. The summed E-state index contributed by atoms with van der Waals surface area (Å²) in [5.74, 6) is 0. The minimum atomic E-state index is -0.341. The number of hydrogen-bond acceptors (Lipinski definition) is 6. The average Bonchev–Trinajstić information content (AvgIpc) is 4.08. The van der Waals surface area contributed by atoms with Crippen LogP contribution in [0.4, 0.5) is 0 Å². The van der Waals surface area contributed by atoms with Crippen molar-refractivity contribution in [1.29, 1.82) is 0 Å². The van der Waals surface area contributed by atoms with Gasteiger partial charge in [0.05, 0.1) is 27.9 Å². The molecule has 1 saturated heterocycles. The Morgan fingerprint density at radius 2 is 0.725 bits per heavy atom. The van der Waals surface area contributed by atoms with E-state index in [0.717, 1.165) is 32.4 Å². The van der Waals surface area contributed by atoms with Gasteiger partial charge in [-0.3, -0.25) is 0 Å². The van der Waals surface area contributed by atoms with Crippen LogP contribution in [0.5, 0.6) is 0 Å². The van der Waals surface area contributed by atoms with Gasteiger partial charge in [-0.15, -0.1) is 22.7 Å². The topological polar surface area (TPSA) is 44.2 Å². The first-order valence-corrected chi connectivity index (χ1v) is 29.6. The van der Waals surface area contributed by atoms with Crippen LogP contribution in [0.2, 0.25) is 0 Å². The number of pyridine rings is 2. The highest BCUT2D eigenvalue weighted by Crippen LogP contribution is 2.45. The Kier molecular flexibility index (Phi) is 11.7. The number of hydrogen-bond donors (Lipinski definition) is 0. The highest BCUT2D eigenvalue weighted by molar-refractivity contribution is 9.10. The van der Waals surface area contributed by atoms with Gasteiger partial charge in [0.1, 0.15) is 4.60 Å². The minimum absolute atomic E-state index is 0.341. The first-order valence-electron chi connectivity index (χ1n) is 27.1. The SMILES string of the molecule is Brc1ccc2ccccc2n1.CC1(C)OB(c2ccc3c(c2)sc2cc4c5ccccc5c5ccccc5c4cc23)OC1(C)C.c1ccc2nc(-c3ccc4c(c3)sc3cc5c6ccccc6c6ccccc6c5cc34)ccc2c1. The molecule has 12 aromatic carbocycles. The van der Waals surface area contributed by atoms with E-state index in [1.165, 1.54) is 116 Å². The quantitative estimate of drug-likeness (QED) is 0.0983. The van der Waals surface area contributed by atoms with Crippen molar-refractivity contribution in [2.45, 2.75) is 38.9 Å². The summed E-state index contributed by atoms with van der Waals surface area (Å²) in [7, 11) is -0.341. The fourth-order valence-electron chi connectivity index (χ4n) is 11.9. The zero-order chi connectivity index (χ0) is 53.9. The van der Waals surface area contributed by atoms with Gasteiger partial charge in [0.25, 0.3) is 0 Å². The van der Waals surface area contributed by atoms with Gasteiger partial charge in [0, 0.05) is 56.7 Å². The lowest BCUT2D eigenvalue weighted by Crippen LogP contribution is -2.41. The predicted molar refractivity (Wildman–Crippen MR) is 350 cm³/mol. The first kappa shape index (κ1) is 49.0. The highest BCUT2D eigenvalue weighted by atomic mass is 79.9. The van der Waals surface area contributed by atoms with Gasteiger partial charge < -0.3 is 9.31 Å². The zero-order valence-corrected chi connectivity index (χ0v) is 47.6. The third-order valence-electron chi connectivity index (χ3n) is 16.7. The molecule has 4 aromatic heterocycles. The van der Waals surface area contributed by atoms with Crippen molar-refractivity contribution in [1.82, 2.24) is 9.97 Å². The van der Waals surface area contributed by atoms with Crippen molar-refractivity contribution in [2.75, 3.05) is 0 Å². The fraction of sp³-hybridized carbons (Fsp3) is 0.0833. The Hall–Kier alpha value is -8.08. The molecule has 0 saturated carbocycles. The minimum Gasteiger partial charge on any atom is -0.399 e. The second kappa shape index (κ2) is 19.0. The van der Waals surface area contributed by atoms with Crippen LogP contribution in [0.15, 0.2) is 235 Å². The zero-order valence-electron chi connectivity index (χ0n) is 44.4. The van der Waals surface area contributed by atoms with Crippen LogP contribution in [0.3, 0.4) is 0 Å². The normalized spacial score (nSPS) is 14.1. The highest BCUT2D eigenvalue weighted by Gasteiger charge is 2.51. The number of halogens is 1. The first-order chi connectivity index (χ1) is 39.0. The number of rotatable bonds is 2. The molecule has 0 amide bonds. The van der Waals surface area contributed by atoms with E-state index in [9.17, 15) is 0 Å². The number of nitrogens with zero attached hydrogens (tertiary/aromatic N) is 2. The third kappa shape index (κ3) is 8.23. The molecule has 382 valence electrons. The molecule has 17 rings (SSSR count). The molecule has 4 nitrogen and oxygen atoms in total. The second-order valence-corrected chi connectivity index (χ2v) is 24.9. The molecule has 0 radical (unpaired) electrons. The Morgan fingerprint density at radius 3 is 1.23 bits per heavy atom. The van der Waals surface area contributed by atoms with Gasteiger partial charge in [-0.1, -0.05) is 170 Å². The summed E-state index contributed by atoms with van der Waals surface area (Å²) < 4.78 is 18.7. The van der Waals surface area contributed by atoms with E-state index in [2.05, 4.69) is 243 Å². The monoisotopic (exact) mass is 1130 g/mol. The summed E-state index contributed by atoms with van der Waals surface area (Å²) in [4.78, 5) is 9.22. The molecule has 80 heavy (non-hydrogen) atoms. The number of aromatic nitrogens is 2. The van der Waals surface area contributed by atoms with Crippen LogP contribution in [0.1, 0.15) is 27.7 Å². The van der Waals surface area contributed by atoms with Gasteiger partial charge >= 0.3 is 7.12 Å². The Labute approximate surface area is 479 Å². The fourth-order valence-corrected chi connectivity index (χ4v) is 14.6. The summed E-state index contributed by atoms with van der Waals surface area (Å²) in [6, 6.07) is 82.8. The lowest BCUT2D eigenvalue weighted by molar-refractivity contribution is 0.00578. The molecule has 0 aliphatic carbocycles. The summed E-state index contributed by atoms with van der Waals surface area (Å²) in [6.07, 6.45) is 0. The maximum Gasteiger partial charge on any atom is 0.494 e. The van der Waals surface area contributed by atoms with Gasteiger partial charge in [-0.05, 0) is 174 Å². The molecule has 0 atom stereocenters. The smallest absolute Gasteiger partial charge is 0.399 e. The summed E-state index contributed by atoms with van der Waals surface area (Å²) in [5.41, 5.74) is 4.64. The van der Waals surface area contributed by atoms with Crippen molar-refractivity contribution in [2.24, 2.45) is 0 Å². The molecular formula is C72H50BBrN2O2S2. The number of para-hydroxylation sites is 2. The largest absolute Gasteiger partial charge is 0.494 e. The van der Waals surface area contributed by atoms with E-state index in [0.29, 0.717) is 0 Å². The van der Waals surface area contributed by atoms with Crippen molar-refractivity contribution in [3.05, 3.63) is 235 Å². The Bertz CT molecular complexity index is 5190. The summed E-state index contributed by atoms with van der Waals surface area (Å²) >= 11 is 7.05. The lowest BCUT2D eigenvalue weighted by atomic mass is 9.79. The summed E-state index contributed by atoms with van der Waals surface area (Å²) in [5, 5.41) is 23.4. The molecule has 0 bridgehead atoms. The van der Waals surface area contributed by atoms with Gasteiger partial charge in [-0.2, -0.15) is 0 Å². The molecule has 0 N–H and O–H groups in total. The number of benzene rings is 12. The van der Waals surface area contributed by atoms with Crippen molar-refractivity contribution in [3.63, 3.8) is 0 Å². The average molecular weight is 1130 g/mol. The van der Waals surface area contributed by atoms with E-state index in [1.54, 1.807) is 0 Å². The molecular weight excluding hydrogens is 1080 g/mol. The molecule has 1 aliphatic rings. The van der Waals surface area contributed by atoms with Crippen LogP contribution in [0.25, 0.3) is 138 Å². The molecule has 0 unspecified atom stereocenters. The standard InChI is InChI=1S/C33H19NS.C30H25BO2S.C9H6BrN/c1-6-12-30-20(7-1)14-16-31(34-30)21-13-15-26-29-18-27-24-10-4-2-8-22(24)23-9-3-5-11-25(23)28(27)19-33(29)35-32(26)17-21;1-29(2)30(3,4)33-31(32-29)18-13-14-23-26-16-24-21-11-7-5-9-19(21)20-10-6-8-12-22(20)25(24)17-28(26)34-27(23)15-18;10-9-6-5-7-3-1-2-4-8(7)11-9/h1-19H;5-17H,1-4H3;1-6H. The van der Waals surface area contributed by atoms with Crippen LogP contribution in [0, 0.1) is 0 Å². The van der Waals surface area contributed by atoms with Crippen molar-refractivity contribution >= 4 is 178 Å². The van der Waals surface area contributed by atoms with E-state index < -0.39 is 0 Å². The van der Waals surface area contributed by atoms with Gasteiger partial charge in [-0.25, -0.2) is 9.97 Å². The van der Waals surface area contributed by atoms with E-state index >= 15 is 0 Å². The molecule has 0 spiro atoms. The lowest BCUT2D eigenvalue weighted by Gasteiger charge is -2.32. The van der Waals surface area contributed by atoms with E-state index in [4.69, 9.17) is 14.3 Å². The molecule has 16 aromatic rings. The summed E-state index contributed by atoms with van der Waals surface area (Å²) in [6.45, 7) is 8.41. The van der Waals surface area contributed by atoms with Crippen LogP contribution in [-0.2, 0) is 9.31 Å². The predicted octanol–water partition coefficient (Wildman–Crippen LogP) is 20.5. The third-order valence-corrected chi connectivity index (χ3v) is 19.4. The molecule has 8 heteroatoms. The molecule has 1 aliphatic heterocycles. The number of thiophene rings is 2. The van der Waals surface area contributed by atoms with Crippen LogP contribution >= 0.6 is 38.6 Å². The van der Waals surface area contributed by atoms with Gasteiger partial charge in [0.2, 0.25) is 0 Å². The van der Waals surface area contributed by atoms with Gasteiger partial charge in [0.15, 0.2) is 0 Å². The maximum atomic E-state index is 6.31. The Balaban J connectivity index is 0.000000116. The molecule has 1 fully saturated rings. The van der Waals surface area contributed by atoms with Crippen LogP contribution in [-0.4, -0.2) is 28.3 Å². The second-order valence-electron chi connectivity index (χ2n) is 21.9. The van der Waals surface area contributed by atoms with E-state index in [-0.39, 0.29) is 18.3 Å². The van der Waals surface area contributed by atoms with Crippen molar-refractivity contribution in [3.8, 4) is 11.3 Å². The van der Waals surface area contributed by atoms with E-state index in [1.807, 2.05) is 59.1 Å². The maximum absolute atomic E-state index is 6.31. The number of fused-ring (bicyclic) bond motifs is 20. The van der Waals surface area contributed by atoms with Crippen LogP contribution < -0.4 is 5.46 Å². The molecule has 5 heterocycles.